The molecule has 0 bridgehead atoms. The molecule has 72 valence electrons. The maximum Gasteiger partial charge on any atom is 0.272 e. The minimum atomic E-state index is -2.52. The van der Waals surface area contributed by atoms with Crippen LogP contribution < -0.4 is 10.5 Å². The first-order valence-corrected chi connectivity index (χ1v) is 3.94. The molecular weight excluding hydrogens is 200 g/mol. The van der Waals surface area contributed by atoms with Crippen LogP contribution in [-0.2, 0) is 0 Å². The van der Waals surface area contributed by atoms with Gasteiger partial charge in [0.05, 0.1) is 5.69 Å². The van der Waals surface area contributed by atoms with Gasteiger partial charge >= 0.3 is 0 Å². The fourth-order valence-electron chi connectivity index (χ4n) is 0.792. The van der Waals surface area contributed by atoms with E-state index in [1.807, 2.05) is 0 Å². The fourth-order valence-corrected chi connectivity index (χ4v) is 0.973. The molecule has 0 radical (unpaired) electrons. The number of anilines is 1. The van der Waals surface area contributed by atoms with Gasteiger partial charge in [-0.15, -0.1) is 0 Å². The van der Waals surface area contributed by atoms with Crippen LogP contribution in [0.4, 0.5) is 14.5 Å². The zero-order chi connectivity index (χ0) is 9.84. The molecule has 0 aliphatic carbocycles. The molecule has 0 saturated carbocycles. The van der Waals surface area contributed by atoms with Crippen molar-refractivity contribution in [3.05, 3.63) is 23.2 Å². The highest BCUT2D eigenvalue weighted by Gasteiger charge is 2.07. The van der Waals surface area contributed by atoms with Crippen molar-refractivity contribution in [3.63, 3.8) is 0 Å². The maximum atomic E-state index is 11.8. The molecule has 5 heteroatoms. The maximum absolute atomic E-state index is 11.8. The number of benzene rings is 1. The summed E-state index contributed by atoms with van der Waals surface area (Å²) < 4.78 is 28.2. The highest BCUT2D eigenvalue weighted by molar-refractivity contribution is 6.34. The fraction of sp³-hybridized carbons (Fsp3) is 0.250. The quantitative estimate of drug-likeness (QED) is 0.774. The standard InChI is InChI=1S/C8H8ClF2NO/c9-8-5(12)2-1-3-6(8)13-4-7(10)11/h1-3,7H,4,12H2. The van der Waals surface area contributed by atoms with E-state index < -0.39 is 13.0 Å². The lowest BCUT2D eigenvalue weighted by Gasteiger charge is -2.08. The Bertz CT molecular complexity index is 293. The molecule has 0 heterocycles. The number of halogens is 3. The van der Waals surface area contributed by atoms with Gasteiger partial charge in [-0.1, -0.05) is 17.7 Å². The Morgan fingerprint density at radius 2 is 2.15 bits per heavy atom. The predicted molar refractivity (Wildman–Crippen MR) is 47.4 cm³/mol. The summed E-state index contributed by atoms with van der Waals surface area (Å²) in [5.74, 6) is 0.182. The number of nitrogens with two attached hydrogens (primary N) is 1. The number of rotatable bonds is 3. The molecule has 0 saturated heterocycles. The van der Waals surface area contributed by atoms with E-state index in [0.717, 1.165) is 0 Å². The van der Waals surface area contributed by atoms with E-state index in [0.29, 0.717) is 5.69 Å². The molecule has 2 N–H and O–H groups in total. The molecule has 1 rings (SSSR count). The van der Waals surface area contributed by atoms with Crippen LogP contribution in [0, 0.1) is 0 Å². The normalized spacial score (nSPS) is 10.5. The van der Waals surface area contributed by atoms with Gasteiger partial charge in [0.25, 0.3) is 6.43 Å². The van der Waals surface area contributed by atoms with Crippen molar-refractivity contribution in [2.75, 3.05) is 12.3 Å². The number of ether oxygens (including phenoxy) is 1. The van der Waals surface area contributed by atoms with Crippen LogP contribution in [0.3, 0.4) is 0 Å². The van der Waals surface area contributed by atoms with Gasteiger partial charge in [-0.05, 0) is 12.1 Å². The first-order valence-electron chi connectivity index (χ1n) is 3.56. The molecule has 0 spiro atoms. The second-order valence-corrected chi connectivity index (χ2v) is 2.74. The highest BCUT2D eigenvalue weighted by Crippen LogP contribution is 2.29. The summed E-state index contributed by atoms with van der Waals surface area (Å²) in [6, 6.07) is 4.64. The Hall–Kier alpha value is -1.03. The Morgan fingerprint density at radius 3 is 2.77 bits per heavy atom. The third-order valence-corrected chi connectivity index (χ3v) is 1.76. The first-order chi connectivity index (χ1) is 6.11. The third kappa shape index (κ3) is 2.73. The smallest absolute Gasteiger partial charge is 0.272 e. The van der Waals surface area contributed by atoms with Gasteiger partial charge in [-0.25, -0.2) is 8.78 Å². The summed E-state index contributed by atoms with van der Waals surface area (Å²) in [5, 5.41) is 0.170. The monoisotopic (exact) mass is 207 g/mol. The molecule has 0 aliphatic heterocycles. The van der Waals surface area contributed by atoms with Crippen LogP contribution in [0.25, 0.3) is 0 Å². The van der Waals surface area contributed by atoms with Crippen molar-refractivity contribution in [2.24, 2.45) is 0 Å². The van der Waals surface area contributed by atoms with Gasteiger partial charge in [0.2, 0.25) is 0 Å². The molecule has 1 aromatic carbocycles. The summed E-state index contributed by atoms with van der Waals surface area (Å²) in [4.78, 5) is 0. The van der Waals surface area contributed by atoms with Crippen LogP contribution in [0.1, 0.15) is 0 Å². The van der Waals surface area contributed by atoms with E-state index in [1.165, 1.54) is 6.07 Å². The first kappa shape index (κ1) is 10.1. The average molecular weight is 208 g/mol. The van der Waals surface area contributed by atoms with Gasteiger partial charge in [-0.2, -0.15) is 0 Å². The van der Waals surface area contributed by atoms with E-state index in [-0.39, 0.29) is 10.8 Å². The summed E-state index contributed by atoms with van der Waals surface area (Å²) >= 11 is 5.68. The zero-order valence-corrected chi connectivity index (χ0v) is 7.39. The number of alkyl halides is 2. The molecule has 13 heavy (non-hydrogen) atoms. The number of nitrogen functional groups attached to an aromatic ring is 1. The van der Waals surface area contributed by atoms with Gasteiger partial charge in [-0.3, -0.25) is 0 Å². The number of hydrogen-bond donors (Lipinski definition) is 1. The van der Waals surface area contributed by atoms with Crippen LogP contribution in [0.5, 0.6) is 5.75 Å². The van der Waals surface area contributed by atoms with Gasteiger partial charge < -0.3 is 10.5 Å². The molecule has 0 unspecified atom stereocenters. The molecule has 0 aliphatic rings. The van der Waals surface area contributed by atoms with Crippen LogP contribution >= 0.6 is 11.6 Å². The lowest BCUT2D eigenvalue weighted by molar-refractivity contribution is 0.0820. The largest absolute Gasteiger partial charge is 0.486 e. The van der Waals surface area contributed by atoms with E-state index >= 15 is 0 Å². The molecule has 0 atom stereocenters. The van der Waals surface area contributed by atoms with Crippen molar-refractivity contribution in [2.45, 2.75) is 6.43 Å². The zero-order valence-electron chi connectivity index (χ0n) is 6.64. The Balaban J connectivity index is 2.71. The molecule has 1 aromatic rings. The third-order valence-electron chi connectivity index (χ3n) is 1.36. The second kappa shape index (κ2) is 4.28. The summed E-state index contributed by atoms with van der Waals surface area (Å²) in [6.45, 7) is -0.677. The molecule has 2 nitrogen and oxygen atoms in total. The molecule has 0 fully saturated rings. The SMILES string of the molecule is Nc1cccc(OCC(F)F)c1Cl. The second-order valence-electron chi connectivity index (χ2n) is 2.36. The molecule has 0 amide bonds. The van der Waals surface area contributed by atoms with E-state index in [4.69, 9.17) is 22.1 Å². The lowest BCUT2D eigenvalue weighted by Crippen LogP contribution is -2.07. The van der Waals surface area contributed by atoms with Gasteiger partial charge in [0.1, 0.15) is 17.4 Å². The minimum Gasteiger partial charge on any atom is -0.486 e. The van der Waals surface area contributed by atoms with Crippen LogP contribution in [0.2, 0.25) is 5.02 Å². The van der Waals surface area contributed by atoms with Crippen molar-refractivity contribution < 1.29 is 13.5 Å². The summed E-state index contributed by atoms with van der Waals surface area (Å²) in [7, 11) is 0. The topological polar surface area (TPSA) is 35.2 Å². The van der Waals surface area contributed by atoms with Crippen molar-refractivity contribution in [3.8, 4) is 5.75 Å². The van der Waals surface area contributed by atoms with Gasteiger partial charge in [0.15, 0.2) is 0 Å². The Morgan fingerprint density at radius 1 is 1.46 bits per heavy atom. The van der Waals surface area contributed by atoms with Crippen LogP contribution in [0.15, 0.2) is 18.2 Å². The Labute approximate surface area is 79.2 Å². The molecule has 0 aromatic heterocycles. The highest BCUT2D eigenvalue weighted by atomic mass is 35.5. The number of hydrogen-bond acceptors (Lipinski definition) is 2. The lowest BCUT2D eigenvalue weighted by atomic mass is 10.3. The average Bonchev–Trinajstić information content (AvgIpc) is 2.07. The van der Waals surface area contributed by atoms with Crippen molar-refractivity contribution in [1.29, 1.82) is 0 Å². The van der Waals surface area contributed by atoms with E-state index in [9.17, 15) is 8.78 Å². The van der Waals surface area contributed by atoms with Crippen molar-refractivity contribution in [1.82, 2.24) is 0 Å². The summed E-state index contributed by atoms with van der Waals surface area (Å²) in [6.07, 6.45) is -2.52. The summed E-state index contributed by atoms with van der Waals surface area (Å²) in [5.41, 5.74) is 5.74. The van der Waals surface area contributed by atoms with E-state index in [2.05, 4.69) is 0 Å². The van der Waals surface area contributed by atoms with E-state index in [1.54, 1.807) is 12.1 Å². The molecular formula is C8H8ClF2NO. The van der Waals surface area contributed by atoms with Crippen LogP contribution in [-0.4, -0.2) is 13.0 Å². The Kier molecular flexibility index (Phi) is 3.31. The minimum absolute atomic E-state index is 0.170. The predicted octanol–water partition coefficient (Wildman–Crippen LogP) is 2.57. The van der Waals surface area contributed by atoms with Crippen molar-refractivity contribution >= 4 is 17.3 Å². The van der Waals surface area contributed by atoms with Gasteiger partial charge in [0, 0.05) is 0 Å².